The van der Waals surface area contributed by atoms with Gasteiger partial charge in [0.25, 0.3) is 5.91 Å². The second-order valence-corrected chi connectivity index (χ2v) is 9.13. The molecule has 0 atom stereocenters. The van der Waals surface area contributed by atoms with E-state index in [4.69, 9.17) is 16.3 Å². The van der Waals surface area contributed by atoms with E-state index in [1.165, 1.54) is 12.1 Å². The molecule has 0 aliphatic heterocycles. The minimum atomic E-state index is -3.98. The Morgan fingerprint density at radius 3 is 2.27 bits per heavy atom. The molecule has 0 unspecified atom stereocenters. The van der Waals surface area contributed by atoms with Gasteiger partial charge < -0.3 is 4.74 Å². The van der Waals surface area contributed by atoms with Gasteiger partial charge in [0, 0.05) is 12.1 Å². The Kier molecular flexibility index (Phi) is 8.05. The summed E-state index contributed by atoms with van der Waals surface area (Å²) in [5.41, 5.74) is 6.10. The van der Waals surface area contributed by atoms with E-state index in [2.05, 4.69) is 15.6 Å². The molecule has 33 heavy (non-hydrogen) atoms. The molecule has 3 aromatic carbocycles. The van der Waals surface area contributed by atoms with Crippen LogP contribution >= 0.6 is 11.6 Å². The number of carbonyl (C=O) groups excluding carboxylic acids is 2. The highest BCUT2D eigenvalue weighted by atomic mass is 35.5. The molecule has 0 saturated heterocycles. The molecule has 10 heteroatoms. The first-order valence-electron chi connectivity index (χ1n) is 9.84. The van der Waals surface area contributed by atoms with E-state index in [9.17, 15) is 18.0 Å². The van der Waals surface area contributed by atoms with Gasteiger partial charge in [-0.3, -0.25) is 20.4 Å². The highest BCUT2D eigenvalue weighted by Crippen LogP contribution is 2.23. The Morgan fingerprint density at radius 1 is 0.909 bits per heavy atom. The maximum absolute atomic E-state index is 12.7. The first-order chi connectivity index (χ1) is 15.8. The van der Waals surface area contributed by atoms with Gasteiger partial charge in [-0.25, -0.2) is 13.1 Å². The zero-order valence-corrected chi connectivity index (χ0v) is 19.2. The van der Waals surface area contributed by atoms with Gasteiger partial charge in [-0.15, -0.1) is 0 Å². The van der Waals surface area contributed by atoms with E-state index < -0.39 is 21.8 Å². The summed E-state index contributed by atoms with van der Waals surface area (Å²) in [6.45, 7) is 0.0668. The molecular weight excluding hydrogens is 466 g/mol. The van der Waals surface area contributed by atoms with Crippen LogP contribution in [0.2, 0.25) is 5.02 Å². The van der Waals surface area contributed by atoms with Crippen LogP contribution in [0.3, 0.4) is 0 Å². The lowest BCUT2D eigenvalue weighted by Gasteiger charge is -2.11. The number of hydrogen-bond donors (Lipinski definition) is 3. The van der Waals surface area contributed by atoms with Crippen LogP contribution in [0.25, 0.3) is 0 Å². The Morgan fingerprint density at radius 2 is 1.61 bits per heavy atom. The molecule has 0 aliphatic rings. The van der Waals surface area contributed by atoms with Crippen molar-refractivity contribution in [2.45, 2.75) is 17.9 Å². The minimum Gasteiger partial charge on any atom is -0.497 e. The first kappa shape index (κ1) is 24.2. The minimum absolute atomic E-state index is 0.0178. The van der Waals surface area contributed by atoms with Crippen molar-refractivity contribution in [3.8, 4) is 5.75 Å². The number of methoxy groups -OCH3 is 1. The van der Waals surface area contributed by atoms with Gasteiger partial charge >= 0.3 is 0 Å². The van der Waals surface area contributed by atoms with Crippen molar-refractivity contribution in [2.75, 3.05) is 7.11 Å². The first-order valence-corrected chi connectivity index (χ1v) is 11.7. The average Bonchev–Trinajstić information content (AvgIpc) is 2.82. The molecule has 0 fully saturated rings. The number of carbonyl (C=O) groups is 2. The molecule has 0 bridgehead atoms. The lowest BCUT2D eigenvalue weighted by molar-refractivity contribution is -0.121. The Hall–Kier alpha value is -3.40. The zero-order chi connectivity index (χ0) is 23.8. The smallest absolute Gasteiger partial charge is 0.269 e. The van der Waals surface area contributed by atoms with Crippen LogP contribution in [0.1, 0.15) is 21.5 Å². The third-order valence-electron chi connectivity index (χ3n) is 4.63. The molecule has 0 heterocycles. The van der Waals surface area contributed by atoms with Crippen molar-refractivity contribution < 1.29 is 22.7 Å². The van der Waals surface area contributed by atoms with Gasteiger partial charge in [0.2, 0.25) is 15.9 Å². The molecule has 0 radical (unpaired) electrons. The number of amides is 2. The Bertz CT molecular complexity index is 1230. The second kappa shape index (κ2) is 11.0. The molecule has 0 saturated carbocycles. The van der Waals surface area contributed by atoms with Crippen LogP contribution in [-0.4, -0.2) is 27.3 Å². The number of ether oxygens (including phenoxy) is 1. The molecule has 2 amide bonds. The molecular formula is C23H22ClN3O5S. The summed E-state index contributed by atoms with van der Waals surface area (Å²) in [6, 6.07) is 19.7. The third-order valence-corrected chi connectivity index (χ3v) is 6.51. The van der Waals surface area contributed by atoms with Gasteiger partial charge in [0.1, 0.15) is 10.6 Å². The Balaban J connectivity index is 1.62. The summed E-state index contributed by atoms with van der Waals surface area (Å²) < 4.78 is 32.9. The van der Waals surface area contributed by atoms with Gasteiger partial charge in [0.15, 0.2) is 0 Å². The summed E-state index contributed by atoms with van der Waals surface area (Å²) >= 11 is 6.08. The molecule has 3 aromatic rings. The van der Waals surface area contributed by atoms with E-state index in [0.29, 0.717) is 5.75 Å². The predicted molar refractivity (Wildman–Crippen MR) is 124 cm³/mol. The maximum atomic E-state index is 12.7. The number of halogens is 1. The quantitative estimate of drug-likeness (QED) is 0.423. The Labute approximate surface area is 196 Å². The summed E-state index contributed by atoms with van der Waals surface area (Å²) in [4.78, 5) is 24.3. The summed E-state index contributed by atoms with van der Waals surface area (Å²) in [6.07, 6.45) is 0.0356. The van der Waals surface area contributed by atoms with Crippen molar-refractivity contribution in [1.82, 2.24) is 15.6 Å². The normalized spacial score (nSPS) is 11.0. The van der Waals surface area contributed by atoms with Crippen molar-refractivity contribution >= 4 is 33.4 Å². The lowest BCUT2D eigenvalue weighted by atomic mass is 10.1. The van der Waals surface area contributed by atoms with E-state index in [0.717, 1.165) is 17.2 Å². The number of hydrazine groups is 1. The fourth-order valence-electron chi connectivity index (χ4n) is 2.87. The van der Waals surface area contributed by atoms with Crippen LogP contribution in [0.15, 0.2) is 77.7 Å². The van der Waals surface area contributed by atoms with Crippen LogP contribution < -0.4 is 20.3 Å². The third kappa shape index (κ3) is 6.79. The molecule has 0 aromatic heterocycles. The molecule has 3 rings (SSSR count). The topological polar surface area (TPSA) is 114 Å². The molecule has 8 nitrogen and oxygen atoms in total. The van der Waals surface area contributed by atoms with Crippen molar-refractivity contribution in [3.63, 3.8) is 0 Å². The van der Waals surface area contributed by atoms with Crippen molar-refractivity contribution in [1.29, 1.82) is 0 Å². The van der Waals surface area contributed by atoms with Crippen LogP contribution in [0.4, 0.5) is 0 Å². The molecule has 0 aliphatic carbocycles. The summed E-state index contributed by atoms with van der Waals surface area (Å²) in [5, 5.41) is -0.0318. The fraction of sp³-hybridized carbons (Fsp3) is 0.130. The summed E-state index contributed by atoms with van der Waals surface area (Å²) in [7, 11) is -2.44. The molecule has 0 spiro atoms. The van der Waals surface area contributed by atoms with Crippen LogP contribution in [0, 0.1) is 0 Å². The van der Waals surface area contributed by atoms with Crippen molar-refractivity contribution in [3.05, 3.63) is 94.5 Å². The lowest BCUT2D eigenvalue weighted by Crippen LogP contribution is -2.42. The van der Waals surface area contributed by atoms with E-state index in [1.54, 1.807) is 55.6 Å². The van der Waals surface area contributed by atoms with Crippen LogP contribution in [-0.2, 0) is 27.8 Å². The molecule has 3 N–H and O–H groups in total. The van der Waals surface area contributed by atoms with Gasteiger partial charge in [0.05, 0.1) is 18.6 Å². The number of rotatable bonds is 8. The average molecular weight is 488 g/mol. The maximum Gasteiger partial charge on any atom is 0.269 e. The highest BCUT2D eigenvalue weighted by Gasteiger charge is 2.20. The number of sulfonamides is 1. The number of hydrogen-bond acceptors (Lipinski definition) is 5. The predicted octanol–water partition coefficient (Wildman–Crippen LogP) is 2.83. The fourth-order valence-corrected chi connectivity index (χ4v) is 4.42. The van der Waals surface area contributed by atoms with Gasteiger partial charge in [-0.05, 0) is 41.5 Å². The summed E-state index contributed by atoms with van der Waals surface area (Å²) in [5.74, 6) is -0.465. The largest absolute Gasteiger partial charge is 0.497 e. The van der Waals surface area contributed by atoms with E-state index in [1.807, 2.05) is 6.07 Å². The van der Waals surface area contributed by atoms with Crippen LogP contribution in [0.5, 0.6) is 5.75 Å². The van der Waals surface area contributed by atoms with Gasteiger partial charge in [-0.1, -0.05) is 54.1 Å². The molecule has 172 valence electrons. The standard InChI is InChI=1S/C23H22ClN3O5S/c1-32-19-10-7-16(8-11-19)13-22(28)26-27-23(29)18-9-12-20(24)21(14-18)33(30,31)25-15-17-5-3-2-4-6-17/h2-12,14,25H,13,15H2,1H3,(H,26,28)(H,27,29). The zero-order valence-electron chi connectivity index (χ0n) is 17.7. The number of benzene rings is 3. The monoisotopic (exact) mass is 487 g/mol. The van der Waals surface area contributed by atoms with E-state index >= 15 is 0 Å². The van der Waals surface area contributed by atoms with E-state index in [-0.39, 0.29) is 28.4 Å². The SMILES string of the molecule is COc1ccc(CC(=O)NNC(=O)c2ccc(Cl)c(S(=O)(=O)NCc3ccccc3)c2)cc1. The van der Waals surface area contributed by atoms with Crippen molar-refractivity contribution in [2.24, 2.45) is 0 Å². The second-order valence-electron chi connectivity index (χ2n) is 6.98. The number of nitrogens with one attached hydrogen (secondary N) is 3. The van der Waals surface area contributed by atoms with Gasteiger partial charge in [-0.2, -0.15) is 0 Å². The highest BCUT2D eigenvalue weighted by molar-refractivity contribution is 7.89.